The maximum atomic E-state index is 9.87. The molecular weight excluding hydrogens is 500 g/mol. The topological polar surface area (TPSA) is 0 Å². The molecule has 0 spiro atoms. The molecule has 0 aliphatic rings. The zero-order valence-electron chi connectivity index (χ0n) is 16.9. The quantitative estimate of drug-likeness (QED) is 0.284. The summed E-state index contributed by atoms with van der Waals surface area (Å²) < 4.78 is 62.3. The van der Waals surface area contributed by atoms with E-state index in [0.29, 0.717) is 0 Å². The van der Waals surface area contributed by atoms with Crippen molar-refractivity contribution < 1.29 is 25.2 Å². The van der Waals surface area contributed by atoms with Gasteiger partial charge in [0.2, 0.25) is 0 Å². The van der Waals surface area contributed by atoms with E-state index >= 15 is 0 Å². The summed E-state index contributed by atoms with van der Waals surface area (Å²) in [6.45, 7) is 13.6. The minimum absolute atomic E-state index is 0.250. The molecular formula is C20H26F6InP. The third kappa shape index (κ3) is 12.0. The molecule has 0 aliphatic heterocycles. The van der Waals surface area contributed by atoms with Gasteiger partial charge in [-0.2, -0.15) is 0 Å². The Bertz CT molecular complexity index is 714. The molecule has 0 unspecified atom stereocenters. The molecule has 28 heavy (non-hydrogen) atoms. The van der Waals surface area contributed by atoms with Gasteiger partial charge in [-0.05, 0) is 0 Å². The Kier molecular flexibility index (Phi) is 6.82. The summed E-state index contributed by atoms with van der Waals surface area (Å²) in [6.07, 6.45) is 0. The molecule has 0 fully saturated rings. The fourth-order valence-electron chi connectivity index (χ4n) is 2.35. The molecule has 0 saturated carbocycles. The van der Waals surface area contributed by atoms with Gasteiger partial charge < -0.3 is 0 Å². The summed E-state index contributed by atoms with van der Waals surface area (Å²) in [5.41, 5.74) is 3.36. The summed E-state index contributed by atoms with van der Waals surface area (Å²) in [4.78, 5) is 0. The normalized spacial score (nSPS) is 14.9. The third-order valence-electron chi connectivity index (χ3n) is 3.89. The van der Waals surface area contributed by atoms with E-state index in [1.807, 2.05) is 0 Å². The molecule has 156 valence electrons. The molecule has 0 atom stereocenters. The van der Waals surface area contributed by atoms with Gasteiger partial charge in [0.25, 0.3) is 0 Å². The third-order valence-corrected chi connectivity index (χ3v) is 7.99. The molecule has 0 saturated heterocycles. The molecule has 0 aromatic heterocycles. The van der Waals surface area contributed by atoms with Crippen LogP contribution in [0.25, 0.3) is 0 Å². The van der Waals surface area contributed by atoms with Crippen LogP contribution in [-0.2, 0) is 10.8 Å². The van der Waals surface area contributed by atoms with Gasteiger partial charge in [-0.1, -0.05) is 0 Å². The molecule has 0 N–H and O–H groups in total. The van der Waals surface area contributed by atoms with Crippen LogP contribution in [-0.4, -0.2) is 22.9 Å². The first-order valence-electron chi connectivity index (χ1n) is 8.73. The van der Waals surface area contributed by atoms with E-state index in [1.54, 1.807) is 6.64 Å². The van der Waals surface area contributed by atoms with Crippen molar-refractivity contribution in [1.29, 1.82) is 0 Å². The molecule has 0 nitrogen and oxygen atoms in total. The van der Waals surface area contributed by atoms with Crippen molar-refractivity contribution in [3.05, 3.63) is 59.7 Å². The van der Waals surface area contributed by atoms with Crippen molar-refractivity contribution in [2.45, 2.75) is 52.4 Å². The van der Waals surface area contributed by atoms with Gasteiger partial charge in [0.05, 0.1) is 0 Å². The average molecular weight is 526 g/mol. The van der Waals surface area contributed by atoms with Crippen LogP contribution in [0.4, 0.5) is 25.2 Å². The standard InChI is InChI=1S/2C10H13.F6P.In/c2*1-10(2,3)9-7-5-4-6-8-9;1-7(2,3,4,5)6;/h2*5-8H,1-3H3;;/q;;-1;+1. The summed E-state index contributed by atoms with van der Waals surface area (Å²) in [7, 11) is -10.7. The molecule has 0 aliphatic carbocycles. The zero-order chi connectivity index (χ0) is 22.1. The van der Waals surface area contributed by atoms with Crippen LogP contribution in [0.5, 0.6) is 0 Å². The Morgan fingerprint density at radius 3 is 0.929 bits per heavy atom. The summed E-state index contributed by atoms with van der Waals surface area (Å²) in [5.74, 6) is 0. The van der Waals surface area contributed by atoms with Crippen LogP contribution in [0.3, 0.4) is 0 Å². The van der Waals surface area contributed by atoms with Gasteiger partial charge in [0.1, 0.15) is 0 Å². The number of hydrogen-bond donors (Lipinski definition) is 0. The van der Waals surface area contributed by atoms with Gasteiger partial charge in [-0.3, -0.25) is 0 Å². The first-order valence-corrected chi connectivity index (χ1v) is 14.1. The molecule has 0 bridgehead atoms. The zero-order valence-corrected chi connectivity index (χ0v) is 21.1. The number of hydrogen-bond acceptors (Lipinski definition) is 0. The van der Waals surface area contributed by atoms with Crippen molar-refractivity contribution in [3.63, 3.8) is 0 Å². The van der Waals surface area contributed by atoms with Crippen LogP contribution in [0.2, 0.25) is 0 Å². The van der Waals surface area contributed by atoms with Crippen LogP contribution >= 0.6 is 7.81 Å². The average Bonchev–Trinajstić information content (AvgIpc) is 2.43. The van der Waals surface area contributed by atoms with Gasteiger partial charge in [0, 0.05) is 0 Å². The molecule has 8 heteroatoms. The monoisotopic (exact) mass is 526 g/mol. The van der Waals surface area contributed by atoms with Crippen molar-refractivity contribution in [3.8, 4) is 0 Å². The second kappa shape index (κ2) is 7.54. The van der Waals surface area contributed by atoms with Gasteiger partial charge in [-0.25, -0.2) is 0 Å². The van der Waals surface area contributed by atoms with Crippen molar-refractivity contribution >= 4 is 37.4 Å². The first kappa shape index (κ1) is 25.4. The van der Waals surface area contributed by atoms with E-state index < -0.39 is 30.7 Å². The Balaban J connectivity index is 0.000000480. The Hall–Kier alpha value is -0.680. The Morgan fingerprint density at radius 2 is 0.750 bits per heavy atom. The second-order valence-electron chi connectivity index (χ2n) is 8.85. The molecule has 0 amide bonds. The van der Waals surface area contributed by atoms with E-state index in [-0.39, 0.29) is 10.8 Å². The molecule has 0 heterocycles. The number of halogens is 6. The fourth-order valence-corrected chi connectivity index (χ4v) is 5.65. The summed E-state index contributed by atoms with van der Waals surface area (Å²) in [6, 6.07) is 18.6. The molecule has 2 aromatic carbocycles. The van der Waals surface area contributed by atoms with Crippen LogP contribution in [0, 0.1) is 0 Å². The van der Waals surface area contributed by atoms with Crippen LogP contribution in [0.1, 0.15) is 52.7 Å². The Labute approximate surface area is 174 Å². The second-order valence-corrected chi connectivity index (χ2v) is 15.4. The molecule has 2 rings (SSSR count). The molecule has 0 radical (unpaired) electrons. The van der Waals surface area contributed by atoms with Gasteiger partial charge in [-0.15, -0.1) is 0 Å². The van der Waals surface area contributed by atoms with Crippen molar-refractivity contribution in [1.82, 2.24) is 0 Å². The SMILES string of the molecule is CC(C)(C)c1cc[c]([In+][c]2ccc(C(C)(C)C)cc2)cc1.F[P-](F)(F)(F)(F)F. The predicted molar refractivity (Wildman–Crippen MR) is 109 cm³/mol. The van der Waals surface area contributed by atoms with Crippen molar-refractivity contribution in [2.24, 2.45) is 0 Å². The maximum absolute atomic E-state index is 10.7. The summed E-state index contributed by atoms with van der Waals surface area (Å²) >= 11 is -0.855. The minimum atomic E-state index is -10.7. The van der Waals surface area contributed by atoms with E-state index in [0.717, 1.165) is 0 Å². The Morgan fingerprint density at radius 1 is 0.536 bits per heavy atom. The molecule has 2 aromatic rings. The predicted octanol–water partition coefficient (Wildman–Crippen LogP) is 7.32. The fraction of sp³-hybridized carbons (Fsp3) is 0.400. The summed E-state index contributed by atoms with van der Waals surface area (Å²) in [5, 5.41) is 0. The first-order chi connectivity index (χ1) is 12.1. The van der Waals surface area contributed by atoms with Crippen LogP contribution < -0.4 is 6.64 Å². The van der Waals surface area contributed by atoms with E-state index in [1.165, 1.54) is 11.1 Å². The van der Waals surface area contributed by atoms with E-state index in [2.05, 4.69) is 90.1 Å². The van der Waals surface area contributed by atoms with Gasteiger partial charge in [0.15, 0.2) is 0 Å². The van der Waals surface area contributed by atoms with Crippen molar-refractivity contribution in [2.75, 3.05) is 0 Å². The number of rotatable bonds is 2. The van der Waals surface area contributed by atoms with Crippen LogP contribution in [0.15, 0.2) is 48.5 Å². The number of benzene rings is 2. The van der Waals surface area contributed by atoms with Gasteiger partial charge >= 0.3 is 175 Å². The van der Waals surface area contributed by atoms with E-state index in [9.17, 15) is 25.2 Å². The van der Waals surface area contributed by atoms with E-state index in [4.69, 9.17) is 0 Å².